The van der Waals surface area contributed by atoms with Crippen LogP contribution >= 0.6 is 0 Å². The number of nitriles is 1. The van der Waals surface area contributed by atoms with Gasteiger partial charge in [-0.15, -0.1) is 6.58 Å². The van der Waals surface area contributed by atoms with Crippen molar-refractivity contribution in [2.75, 3.05) is 16.8 Å². The molecule has 4 aromatic rings. The van der Waals surface area contributed by atoms with E-state index in [-0.39, 0.29) is 0 Å². The maximum Gasteiger partial charge on any atom is 0.132 e. The van der Waals surface area contributed by atoms with E-state index in [0.717, 1.165) is 63.7 Å². The molecule has 4 rings (SSSR count). The van der Waals surface area contributed by atoms with E-state index in [2.05, 4.69) is 63.3 Å². The largest absolute Gasteiger partial charge is 0.378 e. The van der Waals surface area contributed by atoms with Crippen molar-refractivity contribution in [2.24, 2.45) is 7.05 Å². The van der Waals surface area contributed by atoms with E-state index in [1.54, 1.807) is 12.1 Å². The van der Waals surface area contributed by atoms with Gasteiger partial charge in [0.05, 0.1) is 29.2 Å². The number of hydrogen-bond acceptors (Lipinski definition) is 5. The van der Waals surface area contributed by atoms with Crippen molar-refractivity contribution in [2.45, 2.75) is 26.8 Å². The highest BCUT2D eigenvalue weighted by molar-refractivity contribution is 5.84. The molecular formula is C29H30N6. The Morgan fingerprint density at radius 1 is 1.11 bits per heavy atom. The molecule has 0 unspecified atom stereocenters. The number of nitrogens with zero attached hydrogens (tertiary/aromatic N) is 5. The van der Waals surface area contributed by atoms with Gasteiger partial charge in [0.1, 0.15) is 11.6 Å². The first-order valence-electron chi connectivity index (χ1n) is 11.6. The topological polar surface area (TPSA) is 69.8 Å². The quantitative estimate of drug-likeness (QED) is 0.300. The number of rotatable bonds is 9. The van der Waals surface area contributed by atoms with E-state index >= 15 is 0 Å². The molecule has 0 fully saturated rings. The number of hydrogen-bond donors (Lipinski definition) is 1. The number of pyridine rings is 1. The third-order valence-electron chi connectivity index (χ3n) is 6.03. The molecule has 6 nitrogen and oxygen atoms in total. The van der Waals surface area contributed by atoms with Gasteiger partial charge in [-0.05, 0) is 73.9 Å². The van der Waals surface area contributed by atoms with Gasteiger partial charge in [-0.3, -0.25) is 0 Å². The summed E-state index contributed by atoms with van der Waals surface area (Å²) in [6.07, 6.45) is 2.73. The summed E-state index contributed by atoms with van der Waals surface area (Å²) in [6, 6.07) is 19.9. The fraction of sp³-hybridized carbons (Fsp3) is 0.207. The maximum atomic E-state index is 8.98. The van der Waals surface area contributed by atoms with Crippen LogP contribution in [-0.4, -0.2) is 21.1 Å². The van der Waals surface area contributed by atoms with Crippen LogP contribution < -0.4 is 10.2 Å². The minimum absolute atomic E-state index is 0.575. The molecule has 0 aliphatic carbocycles. The van der Waals surface area contributed by atoms with Gasteiger partial charge in [0.15, 0.2) is 0 Å². The predicted octanol–water partition coefficient (Wildman–Crippen LogP) is 6.20. The van der Waals surface area contributed by atoms with Crippen LogP contribution in [0.5, 0.6) is 0 Å². The predicted molar refractivity (Wildman–Crippen MR) is 144 cm³/mol. The second kappa shape index (κ2) is 10.3. The summed E-state index contributed by atoms with van der Waals surface area (Å²) in [7, 11) is 2.02. The van der Waals surface area contributed by atoms with Gasteiger partial charge in [0, 0.05) is 31.2 Å². The van der Waals surface area contributed by atoms with Gasteiger partial charge in [0.25, 0.3) is 0 Å². The summed E-state index contributed by atoms with van der Waals surface area (Å²) >= 11 is 0. The van der Waals surface area contributed by atoms with Crippen molar-refractivity contribution in [1.82, 2.24) is 14.5 Å². The van der Waals surface area contributed by atoms with Crippen LogP contribution in [0.1, 0.15) is 35.9 Å². The zero-order valence-electron chi connectivity index (χ0n) is 20.5. The van der Waals surface area contributed by atoms with Crippen molar-refractivity contribution in [3.8, 4) is 6.07 Å². The Bertz CT molecular complexity index is 1400. The molecular weight excluding hydrogens is 432 g/mol. The second-order valence-corrected chi connectivity index (χ2v) is 8.83. The molecule has 0 aliphatic rings. The summed E-state index contributed by atoms with van der Waals surface area (Å²) in [5.74, 6) is 1.79. The Morgan fingerprint density at radius 2 is 1.89 bits per heavy atom. The first-order valence-corrected chi connectivity index (χ1v) is 11.6. The zero-order valence-corrected chi connectivity index (χ0v) is 20.5. The molecule has 176 valence electrons. The van der Waals surface area contributed by atoms with Crippen molar-refractivity contribution < 1.29 is 0 Å². The number of nitrogens with one attached hydrogen (secondary N) is 1. The van der Waals surface area contributed by atoms with E-state index in [4.69, 9.17) is 10.2 Å². The van der Waals surface area contributed by atoms with Gasteiger partial charge < -0.3 is 14.8 Å². The van der Waals surface area contributed by atoms with E-state index in [0.29, 0.717) is 12.1 Å². The first-order chi connectivity index (χ1) is 16.9. The van der Waals surface area contributed by atoms with Gasteiger partial charge >= 0.3 is 0 Å². The molecule has 2 heterocycles. The Morgan fingerprint density at radius 3 is 2.54 bits per heavy atom. The molecule has 0 saturated heterocycles. The molecule has 6 heteroatoms. The van der Waals surface area contributed by atoms with Crippen LogP contribution in [0.2, 0.25) is 0 Å². The maximum absolute atomic E-state index is 8.98. The zero-order chi connectivity index (χ0) is 24.9. The lowest BCUT2D eigenvalue weighted by atomic mass is 10.1. The van der Waals surface area contributed by atoms with Crippen molar-refractivity contribution in [3.05, 3.63) is 102 Å². The molecule has 2 aromatic carbocycles. The number of fused-ring (bicyclic) bond motifs is 1. The highest BCUT2D eigenvalue weighted by atomic mass is 15.2. The lowest BCUT2D eigenvalue weighted by Crippen LogP contribution is -2.23. The average Bonchev–Trinajstić information content (AvgIpc) is 3.18. The molecule has 0 amide bonds. The highest BCUT2D eigenvalue weighted by Gasteiger charge is 2.16. The highest BCUT2D eigenvalue weighted by Crippen LogP contribution is 2.27. The monoisotopic (exact) mass is 462 g/mol. The van der Waals surface area contributed by atoms with E-state index in [9.17, 15) is 0 Å². The van der Waals surface area contributed by atoms with E-state index < -0.39 is 0 Å². The van der Waals surface area contributed by atoms with Crippen molar-refractivity contribution >= 4 is 28.2 Å². The molecule has 1 N–H and O–H groups in total. The lowest BCUT2D eigenvalue weighted by molar-refractivity contribution is 0.834. The molecule has 0 atom stereocenters. The molecule has 0 bridgehead atoms. The number of imidazole rings is 1. The summed E-state index contributed by atoms with van der Waals surface area (Å²) < 4.78 is 2.10. The van der Waals surface area contributed by atoms with Crippen molar-refractivity contribution in [1.29, 1.82) is 5.26 Å². The van der Waals surface area contributed by atoms with Crippen molar-refractivity contribution in [3.63, 3.8) is 0 Å². The van der Waals surface area contributed by atoms with Gasteiger partial charge in [-0.1, -0.05) is 24.3 Å². The normalized spacial score (nSPS) is 10.7. The van der Waals surface area contributed by atoms with Gasteiger partial charge in [-0.25, -0.2) is 9.97 Å². The molecule has 0 radical (unpaired) electrons. The number of aryl methyl sites for hydroxylation is 2. The van der Waals surface area contributed by atoms with Crippen LogP contribution in [0.4, 0.5) is 11.5 Å². The SMILES string of the molecule is C=C(C)CCN(C(=C)c1ccc2c(c1)nc(CNc1ccc(C#N)cc1)n2C)c1ccc(C)cn1. The minimum Gasteiger partial charge on any atom is -0.378 e. The number of benzene rings is 2. The lowest BCUT2D eigenvalue weighted by Gasteiger charge is -2.26. The third-order valence-corrected chi connectivity index (χ3v) is 6.03. The fourth-order valence-electron chi connectivity index (χ4n) is 3.90. The molecule has 35 heavy (non-hydrogen) atoms. The molecule has 2 aromatic heterocycles. The molecule has 0 spiro atoms. The average molecular weight is 463 g/mol. The Hall–Kier alpha value is -4.37. The van der Waals surface area contributed by atoms with E-state index in [1.165, 1.54) is 0 Å². The van der Waals surface area contributed by atoms with Crippen LogP contribution in [0.15, 0.2) is 79.5 Å². The van der Waals surface area contributed by atoms with Crippen LogP contribution in [0, 0.1) is 18.3 Å². The number of aromatic nitrogens is 3. The van der Waals surface area contributed by atoms with Crippen LogP contribution in [0.25, 0.3) is 16.7 Å². The van der Waals surface area contributed by atoms with Gasteiger partial charge in [0.2, 0.25) is 0 Å². The smallest absolute Gasteiger partial charge is 0.132 e. The molecule has 0 aliphatic heterocycles. The Kier molecular flexibility index (Phi) is 6.98. The second-order valence-electron chi connectivity index (χ2n) is 8.83. The summed E-state index contributed by atoms with van der Waals surface area (Å²) in [5.41, 5.74) is 7.69. The standard InChI is InChI=1S/C29H30N6/c1-20(2)14-15-35(28-13-6-21(3)18-32-28)22(4)24-9-12-27-26(16-24)33-29(34(27)5)19-31-25-10-7-23(17-30)8-11-25/h6-13,16,18,31H,1,4,14-15,19H2,2-3,5H3. The summed E-state index contributed by atoms with van der Waals surface area (Å²) in [5, 5.41) is 12.4. The third kappa shape index (κ3) is 5.42. The van der Waals surface area contributed by atoms with E-state index in [1.807, 2.05) is 45.3 Å². The fourth-order valence-corrected chi connectivity index (χ4v) is 3.90. The molecule has 0 saturated carbocycles. The Balaban J connectivity index is 1.58. The van der Waals surface area contributed by atoms with Crippen LogP contribution in [0.3, 0.4) is 0 Å². The minimum atomic E-state index is 0.575. The Labute approximate surface area is 206 Å². The summed E-state index contributed by atoms with van der Waals surface area (Å²) in [6.45, 7) is 13.9. The first kappa shape index (κ1) is 23.8. The summed E-state index contributed by atoms with van der Waals surface area (Å²) in [4.78, 5) is 11.7. The number of anilines is 2. The van der Waals surface area contributed by atoms with Gasteiger partial charge in [-0.2, -0.15) is 5.26 Å². The van der Waals surface area contributed by atoms with Crippen LogP contribution in [-0.2, 0) is 13.6 Å².